The minimum atomic E-state index is -0.784. The van der Waals surface area contributed by atoms with Crippen LogP contribution in [0.2, 0.25) is 0 Å². The molecule has 59 heavy (non-hydrogen) atoms. The molecule has 0 aromatic rings. The highest BCUT2D eigenvalue weighted by Gasteiger charge is 2.19. The molecule has 0 amide bonds. The first-order chi connectivity index (χ1) is 29.0. The van der Waals surface area contributed by atoms with Gasteiger partial charge in [0.15, 0.2) is 6.10 Å². The molecular formula is C53H92O6. The van der Waals surface area contributed by atoms with Crippen LogP contribution in [-0.2, 0) is 28.6 Å². The van der Waals surface area contributed by atoms with Crippen molar-refractivity contribution in [1.82, 2.24) is 0 Å². The van der Waals surface area contributed by atoms with Crippen molar-refractivity contribution < 1.29 is 28.6 Å². The van der Waals surface area contributed by atoms with Crippen LogP contribution in [0.4, 0.5) is 0 Å². The van der Waals surface area contributed by atoms with Gasteiger partial charge in [0, 0.05) is 19.3 Å². The Kier molecular flexibility index (Phi) is 45.4. The van der Waals surface area contributed by atoms with E-state index in [2.05, 4.69) is 81.5 Å². The first-order valence-electron chi connectivity index (χ1n) is 24.8. The molecular weight excluding hydrogens is 733 g/mol. The van der Waals surface area contributed by atoms with Gasteiger partial charge < -0.3 is 14.2 Å². The summed E-state index contributed by atoms with van der Waals surface area (Å²) in [7, 11) is 0. The zero-order valence-electron chi connectivity index (χ0n) is 38.8. The van der Waals surface area contributed by atoms with Gasteiger partial charge in [-0.15, -0.1) is 0 Å². The van der Waals surface area contributed by atoms with E-state index in [9.17, 15) is 14.4 Å². The lowest BCUT2D eigenvalue weighted by Gasteiger charge is -2.18. The van der Waals surface area contributed by atoms with Gasteiger partial charge in [-0.05, 0) is 83.5 Å². The Hall–Kier alpha value is -2.89. The maximum atomic E-state index is 12.7. The van der Waals surface area contributed by atoms with E-state index in [4.69, 9.17) is 14.2 Å². The lowest BCUT2D eigenvalue weighted by Crippen LogP contribution is -2.30. The fourth-order valence-corrected chi connectivity index (χ4v) is 6.78. The van der Waals surface area contributed by atoms with E-state index in [1.807, 2.05) is 0 Å². The van der Waals surface area contributed by atoms with Crippen molar-refractivity contribution in [2.24, 2.45) is 0 Å². The van der Waals surface area contributed by atoms with E-state index in [-0.39, 0.29) is 31.1 Å². The summed E-state index contributed by atoms with van der Waals surface area (Å²) in [6, 6.07) is 0. The third kappa shape index (κ3) is 46.0. The second-order valence-electron chi connectivity index (χ2n) is 16.3. The molecule has 0 aromatic carbocycles. The first kappa shape index (κ1) is 56.1. The summed E-state index contributed by atoms with van der Waals surface area (Å²) in [6.45, 7) is 6.40. The molecule has 0 radical (unpaired) electrons. The number of allylic oxidation sites excluding steroid dienone is 10. The van der Waals surface area contributed by atoms with Crippen molar-refractivity contribution in [2.45, 2.75) is 245 Å². The second-order valence-corrected chi connectivity index (χ2v) is 16.3. The second kappa shape index (κ2) is 47.8. The molecule has 0 aliphatic rings. The van der Waals surface area contributed by atoms with Crippen LogP contribution in [0.1, 0.15) is 239 Å². The number of unbranched alkanes of at least 4 members (excludes halogenated alkanes) is 23. The predicted octanol–water partition coefficient (Wildman–Crippen LogP) is 16.1. The number of carbonyl (C=O) groups excluding carboxylic acids is 3. The van der Waals surface area contributed by atoms with E-state index in [1.165, 1.54) is 103 Å². The zero-order valence-corrected chi connectivity index (χ0v) is 38.8. The van der Waals surface area contributed by atoms with Gasteiger partial charge in [-0.25, -0.2) is 0 Å². The molecule has 0 aliphatic heterocycles. The largest absolute Gasteiger partial charge is 0.462 e. The van der Waals surface area contributed by atoms with E-state index in [0.717, 1.165) is 96.3 Å². The van der Waals surface area contributed by atoms with Gasteiger partial charge in [0.1, 0.15) is 13.2 Å². The van der Waals surface area contributed by atoms with Crippen LogP contribution in [0, 0.1) is 0 Å². The normalized spacial score (nSPS) is 12.5. The summed E-state index contributed by atoms with van der Waals surface area (Å²) in [5.41, 5.74) is 0. The third-order valence-corrected chi connectivity index (χ3v) is 10.5. The van der Waals surface area contributed by atoms with Gasteiger partial charge in [0.05, 0.1) is 0 Å². The Morgan fingerprint density at radius 1 is 0.356 bits per heavy atom. The van der Waals surface area contributed by atoms with Crippen LogP contribution < -0.4 is 0 Å². The number of rotatable bonds is 44. The maximum Gasteiger partial charge on any atom is 0.306 e. The Labute approximate surface area is 364 Å². The van der Waals surface area contributed by atoms with Crippen molar-refractivity contribution in [3.05, 3.63) is 60.8 Å². The standard InChI is InChI=1S/C53H92O6/c1-4-7-10-13-15-17-19-21-22-23-24-25-26-27-28-29-30-32-33-35-37-40-43-46-52(55)58-49-50(48-57-51(54)45-42-39-12-9-6-3)59-53(56)47-44-41-38-36-34-31-20-18-16-14-11-8-5-2/h8,11,16,18-19,21,23-24,31,34,50H,4-7,9-10,12-15,17,20,22,25-30,32-33,35-49H2,1-3H3/b11-8-,18-16-,21-19-,24-23-,34-31-. The molecule has 1 atom stereocenters. The Bertz CT molecular complexity index is 1090. The molecule has 0 bridgehead atoms. The molecule has 6 nitrogen and oxygen atoms in total. The Morgan fingerprint density at radius 2 is 0.661 bits per heavy atom. The first-order valence-corrected chi connectivity index (χ1v) is 24.8. The molecule has 0 saturated heterocycles. The molecule has 0 N–H and O–H groups in total. The average Bonchev–Trinajstić information content (AvgIpc) is 3.23. The van der Waals surface area contributed by atoms with Crippen molar-refractivity contribution in [2.75, 3.05) is 13.2 Å². The number of hydrogen-bond donors (Lipinski definition) is 0. The minimum absolute atomic E-state index is 0.0872. The smallest absolute Gasteiger partial charge is 0.306 e. The van der Waals surface area contributed by atoms with Gasteiger partial charge in [-0.2, -0.15) is 0 Å². The zero-order chi connectivity index (χ0) is 43.0. The van der Waals surface area contributed by atoms with Crippen molar-refractivity contribution >= 4 is 17.9 Å². The lowest BCUT2D eigenvalue weighted by molar-refractivity contribution is -0.167. The molecule has 0 spiro atoms. The van der Waals surface area contributed by atoms with Gasteiger partial charge in [-0.3, -0.25) is 14.4 Å². The summed E-state index contributed by atoms with van der Waals surface area (Å²) in [5.74, 6) is -0.933. The van der Waals surface area contributed by atoms with Crippen LogP contribution in [0.25, 0.3) is 0 Å². The van der Waals surface area contributed by atoms with Crippen LogP contribution in [0.15, 0.2) is 60.8 Å². The predicted molar refractivity (Wildman–Crippen MR) is 251 cm³/mol. The molecule has 0 aromatic heterocycles. The molecule has 0 heterocycles. The maximum absolute atomic E-state index is 12.7. The quantitative estimate of drug-likeness (QED) is 0.0263. The van der Waals surface area contributed by atoms with E-state index >= 15 is 0 Å². The topological polar surface area (TPSA) is 78.9 Å². The van der Waals surface area contributed by atoms with Crippen molar-refractivity contribution in [3.63, 3.8) is 0 Å². The summed E-state index contributed by atoms with van der Waals surface area (Å²) < 4.78 is 16.6. The summed E-state index contributed by atoms with van der Waals surface area (Å²) >= 11 is 0. The van der Waals surface area contributed by atoms with Gasteiger partial charge >= 0.3 is 17.9 Å². The van der Waals surface area contributed by atoms with Gasteiger partial charge in [0.2, 0.25) is 0 Å². The highest BCUT2D eigenvalue weighted by Crippen LogP contribution is 2.14. The summed E-state index contributed by atoms with van der Waals surface area (Å²) in [6.07, 6.45) is 58.2. The Balaban J connectivity index is 4.13. The fourth-order valence-electron chi connectivity index (χ4n) is 6.78. The Morgan fingerprint density at radius 3 is 1.05 bits per heavy atom. The average molecular weight is 825 g/mol. The lowest BCUT2D eigenvalue weighted by atomic mass is 10.0. The third-order valence-electron chi connectivity index (χ3n) is 10.5. The van der Waals surface area contributed by atoms with E-state index < -0.39 is 6.10 Å². The van der Waals surface area contributed by atoms with Gasteiger partial charge in [-0.1, -0.05) is 197 Å². The molecule has 0 saturated carbocycles. The fraction of sp³-hybridized carbons (Fsp3) is 0.755. The van der Waals surface area contributed by atoms with Gasteiger partial charge in [0.25, 0.3) is 0 Å². The van der Waals surface area contributed by atoms with E-state index in [0.29, 0.717) is 19.3 Å². The SMILES string of the molecule is CC/C=C\C/C=C\C/C=C\CCCCCC(=O)OC(COC(=O)CCCCCCC)COC(=O)CCCCCCCCCCCCC/C=C\C/C=C\CCCCCCC. The molecule has 340 valence electrons. The van der Waals surface area contributed by atoms with Crippen molar-refractivity contribution in [3.8, 4) is 0 Å². The monoisotopic (exact) mass is 825 g/mol. The number of carbonyl (C=O) groups is 3. The van der Waals surface area contributed by atoms with Crippen LogP contribution in [0.3, 0.4) is 0 Å². The highest BCUT2D eigenvalue weighted by molar-refractivity contribution is 5.71. The minimum Gasteiger partial charge on any atom is -0.462 e. The van der Waals surface area contributed by atoms with Crippen LogP contribution in [0.5, 0.6) is 0 Å². The molecule has 0 rings (SSSR count). The van der Waals surface area contributed by atoms with Crippen LogP contribution in [-0.4, -0.2) is 37.2 Å². The molecule has 1 unspecified atom stereocenters. The van der Waals surface area contributed by atoms with Crippen LogP contribution >= 0.6 is 0 Å². The highest BCUT2D eigenvalue weighted by atomic mass is 16.6. The number of esters is 3. The molecule has 6 heteroatoms. The molecule has 0 fully saturated rings. The summed E-state index contributed by atoms with van der Waals surface area (Å²) in [5, 5.41) is 0. The number of ether oxygens (including phenoxy) is 3. The van der Waals surface area contributed by atoms with E-state index in [1.54, 1.807) is 0 Å². The number of hydrogen-bond acceptors (Lipinski definition) is 6. The molecule has 0 aliphatic carbocycles. The summed E-state index contributed by atoms with van der Waals surface area (Å²) in [4.78, 5) is 37.6. The van der Waals surface area contributed by atoms with Crippen molar-refractivity contribution in [1.29, 1.82) is 0 Å².